The highest BCUT2D eigenvalue weighted by Crippen LogP contribution is 2.66. The van der Waals surface area contributed by atoms with E-state index in [9.17, 15) is 87.8 Å². The second-order valence-corrected chi connectivity index (χ2v) is 6.76. The van der Waals surface area contributed by atoms with Crippen molar-refractivity contribution < 1.29 is 97.3 Å². The quantitative estimate of drug-likeness (QED) is 0.180. The van der Waals surface area contributed by atoms with Crippen molar-refractivity contribution in [3.8, 4) is 12.5 Å². The normalized spacial score (nSPS) is 15.5. The average molecular weight is 612 g/mol. The lowest BCUT2D eigenvalue weighted by molar-refractivity contribution is -0.469. The minimum absolute atomic E-state index is 0.0607. The number of nitriles is 2. The standard InChI is InChI=1S/C14H4F20N2O2/c15-5(16,1-37-3-35)7(19,20)9(23,24)11(27,28)13(31,32)14(33,34)12(29,30)10(25,26)8(21,22)6(17,18)2-38-4-36/h1-2H2. The van der Waals surface area contributed by atoms with E-state index in [1.165, 1.54) is 0 Å². The maximum absolute atomic E-state index is 13.6. The monoisotopic (exact) mass is 612 g/mol. The van der Waals surface area contributed by atoms with Gasteiger partial charge < -0.3 is 9.47 Å². The van der Waals surface area contributed by atoms with Crippen LogP contribution in [0.3, 0.4) is 0 Å². The van der Waals surface area contributed by atoms with Gasteiger partial charge in [0.05, 0.1) is 0 Å². The predicted octanol–water partition coefficient (Wildman–Crippen LogP) is 6.33. The lowest BCUT2D eigenvalue weighted by atomic mass is 9.85. The molecule has 0 heterocycles. The molecule has 0 radical (unpaired) electrons. The van der Waals surface area contributed by atoms with Gasteiger partial charge in [-0.05, 0) is 0 Å². The summed E-state index contributed by atoms with van der Waals surface area (Å²) in [5, 5.41) is 15.5. The molecular weight excluding hydrogens is 608 g/mol. The van der Waals surface area contributed by atoms with Crippen molar-refractivity contribution in [2.75, 3.05) is 13.2 Å². The minimum atomic E-state index is -9.15. The van der Waals surface area contributed by atoms with Crippen LogP contribution in [-0.2, 0) is 9.47 Å². The number of halogens is 20. The molecule has 38 heavy (non-hydrogen) atoms. The van der Waals surface area contributed by atoms with Crippen LogP contribution in [0, 0.1) is 23.0 Å². The van der Waals surface area contributed by atoms with Gasteiger partial charge >= 0.3 is 59.2 Å². The Morgan fingerprint density at radius 1 is 0.342 bits per heavy atom. The molecule has 0 aliphatic rings. The van der Waals surface area contributed by atoms with E-state index < -0.39 is 72.4 Å². The first-order valence-corrected chi connectivity index (χ1v) is 8.17. The van der Waals surface area contributed by atoms with Crippen LogP contribution in [-0.4, -0.2) is 72.4 Å². The van der Waals surface area contributed by atoms with Crippen LogP contribution < -0.4 is 0 Å². The van der Waals surface area contributed by atoms with Gasteiger partial charge in [-0.1, -0.05) is 0 Å². The Labute approximate surface area is 194 Å². The molecule has 0 aliphatic heterocycles. The van der Waals surface area contributed by atoms with E-state index >= 15 is 0 Å². The Morgan fingerprint density at radius 3 is 0.658 bits per heavy atom. The molecule has 0 saturated heterocycles. The number of alkyl halides is 20. The van der Waals surface area contributed by atoms with Crippen LogP contribution >= 0.6 is 0 Å². The first-order valence-electron chi connectivity index (χ1n) is 8.17. The van der Waals surface area contributed by atoms with Gasteiger partial charge in [0.25, 0.3) is 12.5 Å². The fourth-order valence-electron chi connectivity index (χ4n) is 2.07. The maximum atomic E-state index is 13.6. The number of ether oxygens (including phenoxy) is 2. The van der Waals surface area contributed by atoms with Gasteiger partial charge in [0, 0.05) is 0 Å². The van der Waals surface area contributed by atoms with Gasteiger partial charge in [-0.15, -0.1) is 0 Å². The van der Waals surface area contributed by atoms with Gasteiger partial charge in [-0.2, -0.15) is 98.3 Å². The predicted molar refractivity (Wildman–Crippen MR) is 72.6 cm³/mol. The summed E-state index contributed by atoms with van der Waals surface area (Å²) in [5.74, 6) is -83.7. The van der Waals surface area contributed by atoms with E-state index in [4.69, 9.17) is 10.5 Å². The second kappa shape index (κ2) is 9.43. The summed E-state index contributed by atoms with van der Waals surface area (Å²) in [6.07, 6.45) is 0.121. The summed E-state index contributed by atoms with van der Waals surface area (Å²) in [7, 11) is 0. The molecule has 222 valence electrons. The fraction of sp³-hybridized carbons (Fsp3) is 0.857. The molecule has 0 unspecified atom stereocenters. The van der Waals surface area contributed by atoms with Crippen molar-refractivity contribution in [1.82, 2.24) is 0 Å². The van der Waals surface area contributed by atoms with E-state index in [2.05, 4.69) is 9.47 Å². The van der Waals surface area contributed by atoms with Crippen LogP contribution in [0.15, 0.2) is 0 Å². The second-order valence-electron chi connectivity index (χ2n) is 6.76. The Morgan fingerprint density at radius 2 is 0.500 bits per heavy atom. The minimum Gasteiger partial charge on any atom is -0.421 e. The van der Waals surface area contributed by atoms with Crippen molar-refractivity contribution in [2.24, 2.45) is 0 Å². The molecule has 0 N–H and O–H groups in total. The number of rotatable bonds is 13. The van der Waals surface area contributed by atoms with E-state index in [0.717, 1.165) is 0 Å². The first kappa shape index (κ1) is 35.2. The van der Waals surface area contributed by atoms with Crippen LogP contribution in [0.5, 0.6) is 0 Å². The number of nitrogens with zero attached hydrogens (tertiary/aromatic N) is 2. The number of hydrogen-bond donors (Lipinski definition) is 0. The zero-order valence-electron chi connectivity index (χ0n) is 16.7. The third kappa shape index (κ3) is 4.42. The van der Waals surface area contributed by atoms with Crippen molar-refractivity contribution in [3.05, 3.63) is 0 Å². The van der Waals surface area contributed by atoms with Crippen molar-refractivity contribution in [1.29, 1.82) is 10.5 Å². The summed E-state index contributed by atoms with van der Waals surface area (Å²) in [4.78, 5) is 0. The third-order valence-corrected chi connectivity index (χ3v) is 4.32. The van der Waals surface area contributed by atoms with Crippen LogP contribution in [0.2, 0.25) is 0 Å². The van der Waals surface area contributed by atoms with Gasteiger partial charge in [0.1, 0.15) is 0 Å². The summed E-state index contributed by atoms with van der Waals surface area (Å²) < 4.78 is 274. The molecule has 0 aromatic heterocycles. The van der Waals surface area contributed by atoms with Crippen molar-refractivity contribution in [2.45, 2.75) is 59.2 Å². The largest absolute Gasteiger partial charge is 0.421 e. The van der Waals surface area contributed by atoms with E-state index in [0.29, 0.717) is 0 Å². The molecule has 24 heteroatoms. The zero-order valence-corrected chi connectivity index (χ0v) is 16.7. The smallest absolute Gasteiger partial charge is 0.385 e. The van der Waals surface area contributed by atoms with Gasteiger partial charge in [0.15, 0.2) is 13.2 Å². The van der Waals surface area contributed by atoms with Crippen molar-refractivity contribution >= 4 is 0 Å². The van der Waals surface area contributed by atoms with Crippen molar-refractivity contribution in [3.63, 3.8) is 0 Å². The molecule has 4 nitrogen and oxygen atoms in total. The summed E-state index contributed by atoms with van der Waals surface area (Å²) in [6, 6.07) is 0. The highest BCUT2D eigenvalue weighted by molar-refractivity contribution is 5.18. The van der Waals surface area contributed by atoms with E-state index in [1.54, 1.807) is 0 Å². The SMILES string of the molecule is N#COCC(F)(F)C(F)(F)C(F)(F)C(F)(F)C(F)(F)C(F)(F)C(F)(F)C(F)(F)C(F)(F)C(F)(F)COC#N. The first-order chi connectivity index (χ1) is 16.4. The van der Waals surface area contributed by atoms with Crippen LogP contribution in [0.4, 0.5) is 87.8 Å². The molecular formula is C14H4F20N2O2. The van der Waals surface area contributed by atoms with Gasteiger partial charge in [-0.25, -0.2) is 0 Å². The summed E-state index contributed by atoms with van der Waals surface area (Å²) >= 11 is 0. The van der Waals surface area contributed by atoms with Crippen LogP contribution in [0.25, 0.3) is 0 Å². The molecule has 0 spiro atoms. The highest BCUT2D eigenvalue weighted by atomic mass is 19.4. The molecule has 0 fully saturated rings. The van der Waals surface area contributed by atoms with E-state index in [-0.39, 0.29) is 12.5 Å². The van der Waals surface area contributed by atoms with E-state index in [1.807, 2.05) is 0 Å². The molecule has 0 atom stereocenters. The topological polar surface area (TPSA) is 66.0 Å². The summed E-state index contributed by atoms with van der Waals surface area (Å²) in [6.45, 7) is -6.77. The Hall–Kier alpha value is -2.82. The lowest BCUT2D eigenvalue weighted by Gasteiger charge is -2.44. The fourth-order valence-corrected chi connectivity index (χ4v) is 2.07. The molecule has 0 saturated carbocycles. The van der Waals surface area contributed by atoms with Gasteiger partial charge in [0.2, 0.25) is 0 Å². The third-order valence-electron chi connectivity index (χ3n) is 4.32. The van der Waals surface area contributed by atoms with Gasteiger partial charge in [-0.3, -0.25) is 0 Å². The average Bonchev–Trinajstić information content (AvgIpc) is 2.74. The molecule has 0 bridgehead atoms. The zero-order chi connectivity index (χ0) is 31.2. The molecule has 0 amide bonds. The Balaban J connectivity index is 7.03. The lowest BCUT2D eigenvalue weighted by Crippen LogP contribution is -2.77. The van der Waals surface area contributed by atoms with Crippen LogP contribution in [0.1, 0.15) is 0 Å². The molecule has 0 aliphatic carbocycles. The number of hydrogen-bond acceptors (Lipinski definition) is 4. The molecule has 0 aromatic carbocycles. The highest BCUT2D eigenvalue weighted by Gasteiger charge is 2.97. The Bertz CT molecular complexity index is 870. The summed E-state index contributed by atoms with van der Waals surface area (Å²) in [5.41, 5.74) is 0. The molecule has 0 aromatic rings. The molecule has 0 rings (SSSR count). The maximum Gasteiger partial charge on any atom is 0.385 e. The Kier molecular flexibility index (Phi) is 8.73.